The summed E-state index contributed by atoms with van der Waals surface area (Å²) in [6, 6.07) is 3.83. The maximum atomic E-state index is 11.3. The highest BCUT2D eigenvalue weighted by atomic mass is 16.4. The molecule has 1 amide bonds. The van der Waals surface area contributed by atoms with Crippen LogP contribution in [0.3, 0.4) is 0 Å². The molecule has 2 heterocycles. The second kappa shape index (κ2) is 7.70. The first-order chi connectivity index (χ1) is 11.3. The number of nitrogen functional groups attached to an aromatic ring is 1. The molecule has 7 nitrogen and oxygen atoms in total. The van der Waals surface area contributed by atoms with Crippen molar-refractivity contribution in [3.8, 4) is 0 Å². The molecule has 0 saturated carbocycles. The molecule has 1 fully saturated rings. The first-order valence-electron chi connectivity index (χ1n) is 8.47. The van der Waals surface area contributed by atoms with E-state index in [2.05, 4.69) is 14.8 Å². The van der Waals surface area contributed by atoms with Gasteiger partial charge in [0.15, 0.2) is 0 Å². The summed E-state index contributed by atoms with van der Waals surface area (Å²) in [7, 11) is 0. The Bertz CT molecular complexity index is 533. The molecule has 0 atom stereocenters. The molecule has 7 heteroatoms. The monoisotopic (exact) mass is 335 g/mol. The van der Waals surface area contributed by atoms with Crippen LogP contribution in [-0.4, -0.2) is 70.8 Å². The van der Waals surface area contributed by atoms with Gasteiger partial charge < -0.3 is 20.6 Å². The minimum absolute atomic E-state index is 0.356. The Kier molecular flexibility index (Phi) is 5.88. The molecule has 0 aromatic carbocycles. The minimum Gasteiger partial charge on any atom is -0.465 e. The van der Waals surface area contributed by atoms with Crippen molar-refractivity contribution in [2.24, 2.45) is 0 Å². The maximum Gasteiger partial charge on any atom is 0.407 e. The molecular weight excluding hydrogens is 306 g/mol. The van der Waals surface area contributed by atoms with E-state index in [1.54, 1.807) is 6.20 Å². The van der Waals surface area contributed by atoms with Crippen LogP contribution in [0.2, 0.25) is 0 Å². The molecule has 0 aliphatic carbocycles. The summed E-state index contributed by atoms with van der Waals surface area (Å²) in [5.41, 5.74) is 6.00. The number of pyridine rings is 1. The third kappa shape index (κ3) is 4.99. The molecule has 1 aliphatic heterocycles. The lowest BCUT2D eigenvalue weighted by atomic mass is 10.1. The predicted molar refractivity (Wildman–Crippen MR) is 96.4 cm³/mol. The van der Waals surface area contributed by atoms with Crippen molar-refractivity contribution >= 4 is 17.6 Å². The number of hydrogen-bond donors (Lipinski definition) is 2. The normalized spacial score (nSPS) is 16.2. The average Bonchev–Trinajstić information content (AvgIpc) is 2.51. The molecule has 0 radical (unpaired) electrons. The third-order valence-electron chi connectivity index (χ3n) is 4.36. The van der Waals surface area contributed by atoms with Crippen molar-refractivity contribution in [3.63, 3.8) is 0 Å². The molecule has 1 saturated heterocycles. The smallest absolute Gasteiger partial charge is 0.407 e. The minimum atomic E-state index is -0.846. The van der Waals surface area contributed by atoms with Crippen LogP contribution in [0.25, 0.3) is 0 Å². The van der Waals surface area contributed by atoms with Gasteiger partial charge in [-0.3, -0.25) is 4.90 Å². The maximum absolute atomic E-state index is 11.3. The Labute approximate surface area is 144 Å². The molecule has 24 heavy (non-hydrogen) atoms. The van der Waals surface area contributed by atoms with Crippen molar-refractivity contribution in [2.45, 2.75) is 32.7 Å². The van der Waals surface area contributed by atoms with Crippen LogP contribution >= 0.6 is 0 Å². The van der Waals surface area contributed by atoms with E-state index in [1.165, 1.54) is 4.90 Å². The number of carbonyl (C=O) groups is 1. The van der Waals surface area contributed by atoms with Gasteiger partial charge in [-0.1, -0.05) is 0 Å². The number of nitrogens with zero attached hydrogens (tertiary/aromatic N) is 4. The molecule has 0 bridgehead atoms. The molecule has 1 aromatic heterocycles. The van der Waals surface area contributed by atoms with E-state index in [0.29, 0.717) is 12.2 Å². The summed E-state index contributed by atoms with van der Waals surface area (Å²) >= 11 is 0. The summed E-state index contributed by atoms with van der Waals surface area (Å²) in [6.45, 7) is 11.1. The van der Waals surface area contributed by atoms with Gasteiger partial charge in [0.25, 0.3) is 0 Å². The van der Waals surface area contributed by atoms with E-state index in [4.69, 9.17) is 5.73 Å². The number of hydrogen-bond acceptors (Lipinski definition) is 5. The summed E-state index contributed by atoms with van der Waals surface area (Å²) in [6.07, 6.45) is 1.69. The van der Waals surface area contributed by atoms with Crippen molar-refractivity contribution < 1.29 is 9.90 Å². The zero-order chi connectivity index (χ0) is 17.7. The number of carboxylic acid groups (broad SMARTS) is 1. The van der Waals surface area contributed by atoms with Crippen LogP contribution in [-0.2, 0) is 0 Å². The van der Waals surface area contributed by atoms with E-state index in [0.717, 1.165) is 45.0 Å². The van der Waals surface area contributed by atoms with Crippen LogP contribution in [0.1, 0.15) is 27.2 Å². The number of anilines is 2. The number of piperazine rings is 1. The fourth-order valence-corrected chi connectivity index (χ4v) is 2.96. The first kappa shape index (κ1) is 18.3. The molecule has 1 aromatic rings. The highest BCUT2D eigenvalue weighted by Gasteiger charge is 2.26. The quantitative estimate of drug-likeness (QED) is 0.855. The molecule has 3 N–H and O–H groups in total. The Balaban J connectivity index is 1.75. The molecule has 1 aliphatic rings. The zero-order valence-corrected chi connectivity index (χ0v) is 14.9. The highest BCUT2D eigenvalue weighted by Crippen LogP contribution is 2.16. The summed E-state index contributed by atoms with van der Waals surface area (Å²) in [5.74, 6) is 0.966. The van der Waals surface area contributed by atoms with Crippen LogP contribution in [0.4, 0.5) is 16.3 Å². The molecule has 2 rings (SSSR count). The van der Waals surface area contributed by atoms with Gasteiger partial charge in [-0.15, -0.1) is 0 Å². The zero-order valence-electron chi connectivity index (χ0n) is 14.9. The fourth-order valence-electron chi connectivity index (χ4n) is 2.96. The largest absolute Gasteiger partial charge is 0.465 e. The first-order valence-corrected chi connectivity index (χ1v) is 8.47. The van der Waals surface area contributed by atoms with E-state index >= 15 is 0 Å². The lowest BCUT2D eigenvalue weighted by molar-refractivity contribution is 0.0962. The van der Waals surface area contributed by atoms with Gasteiger partial charge in [-0.25, -0.2) is 9.78 Å². The summed E-state index contributed by atoms with van der Waals surface area (Å²) in [5, 5.41) is 9.32. The van der Waals surface area contributed by atoms with Crippen LogP contribution in [0.15, 0.2) is 18.3 Å². The van der Waals surface area contributed by atoms with Crippen molar-refractivity contribution in [2.75, 3.05) is 49.9 Å². The van der Waals surface area contributed by atoms with E-state index < -0.39 is 6.09 Å². The average molecular weight is 335 g/mol. The van der Waals surface area contributed by atoms with Gasteiger partial charge in [0.1, 0.15) is 5.82 Å². The van der Waals surface area contributed by atoms with E-state index in [1.807, 2.05) is 32.9 Å². The standard InChI is InChI=1S/C17H29N5O2/c1-17(2,3)22(16(23)24)8-4-7-20-9-11-21(12-10-20)15-6-5-14(18)13-19-15/h5-6,13H,4,7-12,18H2,1-3H3,(H,23,24). The van der Waals surface area contributed by atoms with Gasteiger partial charge in [-0.2, -0.15) is 0 Å². The highest BCUT2D eigenvalue weighted by molar-refractivity contribution is 5.65. The summed E-state index contributed by atoms with van der Waals surface area (Å²) in [4.78, 5) is 21.9. The Morgan fingerprint density at radius 3 is 2.46 bits per heavy atom. The van der Waals surface area contributed by atoms with Crippen LogP contribution < -0.4 is 10.6 Å². The van der Waals surface area contributed by atoms with Crippen molar-refractivity contribution in [1.29, 1.82) is 0 Å². The molecule has 0 spiro atoms. The lowest BCUT2D eigenvalue weighted by Crippen LogP contribution is -2.49. The van der Waals surface area contributed by atoms with Gasteiger partial charge >= 0.3 is 6.09 Å². The third-order valence-corrected chi connectivity index (χ3v) is 4.36. The number of nitrogens with two attached hydrogens (primary N) is 1. The molecular formula is C17H29N5O2. The Morgan fingerprint density at radius 1 is 1.29 bits per heavy atom. The number of aromatic nitrogens is 1. The van der Waals surface area contributed by atoms with Crippen LogP contribution in [0, 0.1) is 0 Å². The van der Waals surface area contributed by atoms with Gasteiger partial charge in [0.2, 0.25) is 0 Å². The van der Waals surface area contributed by atoms with Gasteiger partial charge in [0, 0.05) is 38.3 Å². The predicted octanol–water partition coefficient (Wildman–Crippen LogP) is 1.95. The SMILES string of the molecule is CC(C)(C)N(CCCN1CCN(c2ccc(N)cn2)CC1)C(=O)O. The second-order valence-corrected chi connectivity index (χ2v) is 7.24. The second-order valence-electron chi connectivity index (χ2n) is 7.24. The van der Waals surface area contributed by atoms with Gasteiger partial charge in [0.05, 0.1) is 11.9 Å². The molecule has 134 valence electrons. The van der Waals surface area contributed by atoms with E-state index in [-0.39, 0.29) is 5.54 Å². The lowest BCUT2D eigenvalue weighted by Gasteiger charge is -2.37. The topological polar surface area (TPSA) is 85.9 Å². The van der Waals surface area contributed by atoms with Crippen LogP contribution in [0.5, 0.6) is 0 Å². The van der Waals surface area contributed by atoms with Crippen molar-refractivity contribution in [1.82, 2.24) is 14.8 Å². The Morgan fingerprint density at radius 2 is 1.96 bits per heavy atom. The number of rotatable bonds is 5. The Hall–Kier alpha value is -2.02. The molecule has 0 unspecified atom stereocenters. The summed E-state index contributed by atoms with van der Waals surface area (Å²) < 4.78 is 0. The van der Waals surface area contributed by atoms with E-state index in [9.17, 15) is 9.90 Å². The number of amides is 1. The van der Waals surface area contributed by atoms with Crippen molar-refractivity contribution in [3.05, 3.63) is 18.3 Å². The fraction of sp³-hybridized carbons (Fsp3) is 0.647. The van der Waals surface area contributed by atoms with Gasteiger partial charge in [-0.05, 0) is 45.9 Å².